The molecule has 0 spiro atoms. The van der Waals surface area contributed by atoms with E-state index in [2.05, 4.69) is 15.0 Å². The number of hydrogen-bond acceptors (Lipinski definition) is 6. The fourth-order valence-electron chi connectivity index (χ4n) is 1.76. The predicted octanol–water partition coefficient (Wildman–Crippen LogP) is 0.842. The topological polar surface area (TPSA) is 88.5 Å². The first-order valence-corrected chi connectivity index (χ1v) is 5.96. The number of anilines is 1. The van der Waals surface area contributed by atoms with Gasteiger partial charge in [0.1, 0.15) is 12.5 Å². The molecule has 92 valence electrons. The Morgan fingerprint density at radius 3 is 3.06 bits per heavy atom. The molecule has 0 saturated carbocycles. The molecule has 2 N–H and O–H groups in total. The number of nitrogens with zero attached hydrogens (tertiary/aromatic N) is 1. The summed E-state index contributed by atoms with van der Waals surface area (Å²) in [6, 6.07) is 0. The third-order valence-corrected chi connectivity index (χ3v) is 3.72. The minimum Gasteiger partial charge on any atom is -0.481 e. The highest BCUT2D eigenvalue weighted by atomic mass is 32.1. The number of fused-ring (bicyclic) bond motifs is 1. The number of ether oxygens (including phenoxy) is 1. The molecule has 0 saturated heterocycles. The molecule has 1 aromatic heterocycles. The maximum absolute atomic E-state index is 11.0. The van der Waals surface area contributed by atoms with Gasteiger partial charge in [-0.15, -0.1) is 11.3 Å². The van der Waals surface area contributed by atoms with E-state index in [1.807, 2.05) is 0 Å². The van der Waals surface area contributed by atoms with Crippen LogP contribution in [0.3, 0.4) is 0 Å². The summed E-state index contributed by atoms with van der Waals surface area (Å²) in [6.45, 7) is 0.0423. The maximum atomic E-state index is 11.0. The summed E-state index contributed by atoms with van der Waals surface area (Å²) in [5.41, 5.74) is 0.634. The molecule has 6 nitrogen and oxygen atoms in total. The van der Waals surface area contributed by atoms with Gasteiger partial charge < -0.3 is 15.2 Å². The number of thiazole rings is 1. The number of carbonyl (C=O) groups excluding carboxylic acids is 1. The standard InChI is InChI=1S/C10H12N2O4S/c1-16-7(13)4-11-10-12-8-5(9(14)15)2-3-6(8)17-10/h5H,2-4H2,1H3,(H,11,12)(H,14,15). The second-order valence-electron chi connectivity index (χ2n) is 3.69. The number of aliphatic carboxylic acids is 1. The van der Waals surface area contributed by atoms with Gasteiger partial charge in [-0.3, -0.25) is 9.59 Å². The Balaban J connectivity index is 2.06. The third-order valence-electron chi connectivity index (χ3n) is 2.63. The fraction of sp³-hybridized carbons (Fsp3) is 0.500. The largest absolute Gasteiger partial charge is 0.481 e. The van der Waals surface area contributed by atoms with Crippen LogP contribution in [-0.2, 0) is 20.7 Å². The number of rotatable bonds is 4. The molecule has 17 heavy (non-hydrogen) atoms. The fourth-order valence-corrected chi connectivity index (χ4v) is 2.80. The van der Waals surface area contributed by atoms with E-state index in [1.54, 1.807) is 0 Å². The van der Waals surface area contributed by atoms with Gasteiger partial charge >= 0.3 is 11.9 Å². The summed E-state index contributed by atoms with van der Waals surface area (Å²) in [5.74, 6) is -1.72. The number of carbonyl (C=O) groups is 2. The number of nitrogens with one attached hydrogen (secondary N) is 1. The zero-order valence-electron chi connectivity index (χ0n) is 9.23. The zero-order chi connectivity index (χ0) is 12.4. The summed E-state index contributed by atoms with van der Waals surface area (Å²) in [4.78, 5) is 27.1. The average Bonchev–Trinajstić information content (AvgIpc) is 2.84. The van der Waals surface area contributed by atoms with Crippen molar-refractivity contribution in [3.63, 3.8) is 0 Å². The summed E-state index contributed by atoms with van der Waals surface area (Å²) in [7, 11) is 1.31. The Hall–Kier alpha value is -1.63. The predicted molar refractivity (Wildman–Crippen MR) is 61.3 cm³/mol. The highest BCUT2D eigenvalue weighted by molar-refractivity contribution is 7.15. The molecule has 0 radical (unpaired) electrons. The first kappa shape index (κ1) is 11.8. The molecule has 1 aliphatic carbocycles. The van der Waals surface area contributed by atoms with Gasteiger partial charge in [-0.05, 0) is 12.8 Å². The number of methoxy groups -OCH3 is 1. The Labute approximate surface area is 102 Å². The molecule has 1 atom stereocenters. The molecule has 0 amide bonds. The molecule has 1 heterocycles. The lowest BCUT2D eigenvalue weighted by Gasteiger charge is -2.02. The van der Waals surface area contributed by atoms with E-state index < -0.39 is 11.9 Å². The molecule has 1 aromatic rings. The molecule has 0 aliphatic heterocycles. The van der Waals surface area contributed by atoms with E-state index in [1.165, 1.54) is 18.4 Å². The van der Waals surface area contributed by atoms with Gasteiger partial charge in [-0.1, -0.05) is 0 Å². The molecular formula is C10H12N2O4S. The van der Waals surface area contributed by atoms with Crippen molar-refractivity contribution in [2.45, 2.75) is 18.8 Å². The number of esters is 1. The van der Waals surface area contributed by atoms with E-state index >= 15 is 0 Å². The van der Waals surface area contributed by atoms with E-state index in [0.29, 0.717) is 17.2 Å². The lowest BCUT2D eigenvalue weighted by atomic mass is 10.1. The van der Waals surface area contributed by atoms with Crippen LogP contribution in [0.2, 0.25) is 0 Å². The number of aryl methyl sites for hydroxylation is 1. The molecule has 7 heteroatoms. The van der Waals surface area contributed by atoms with Gasteiger partial charge in [-0.25, -0.2) is 4.98 Å². The molecule has 0 bridgehead atoms. The average molecular weight is 256 g/mol. The number of carboxylic acids is 1. The van der Waals surface area contributed by atoms with Crippen LogP contribution in [0.1, 0.15) is 22.9 Å². The van der Waals surface area contributed by atoms with Gasteiger partial charge in [0.05, 0.1) is 12.8 Å². The molecule has 0 fully saturated rings. The van der Waals surface area contributed by atoms with E-state index in [4.69, 9.17) is 5.11 Å². The summed E-state index contributed by atoms with van der Waals surface area (Å²) in [5, 5.41) is 12.4. The lowest BCUT2D eigenvalue weighted by molar-refractivity contribution is -0.139. The number of hydrogen-bond donors (Lipinski definition) is 2. The molecule has 2 rings (SSSR count). The van der Waals surface area contributed by atoms with Crippen molar-refractivity contribution < 1.29 is 19.4 Å². The van der Waals surface area contributed by atoms with Gasteiger partial charge in [0, 0.05) is 4.88 Å². The first-order chi connectivity index (χ1) is 8.11. The number of aromatic nitrogens is 1. The summed E-state index contributed by atoms with van der Waals surface area (Å²) >= 11 is 1.40. The Kier molecular flexibility index (Phi) is 3.28. The Morgan fingerprint density at radius 1 is 1.65 bits per heavy atom. The van der Waals surface area contributed by atoms with Crippen molar-refractivity contribution in [3.05, 3.63) is 10.6 Å². The van der Waals surface area contributed by atoms with Crippen molar-refractivity contribution in [1.82, 2.24) is 4.98 Å². The highest BCUT2D eigenvalue weighted by Crippen LogP contribution is 2.38. The zero-order valence-corrected chi connectivity index (χ0v) is 10.0. The van der Waals surface area contributed by atoms with Crippen LogP contribution in [0.4, 0.5) is 5.13 Å². The van der Waals surface area contributed by atoms with Crippen molar-refractivity contribution in [1.29, 1.82) is 0 Å². The lowest BCUT2D eigenvalue weighted by Crippen LogP contribution is -2.15. The second-order valence-corrected chi connectivity index (χ2v) is 4.77. The Morgan fingerprint density at radius 2 is 2.41 bits per heavy atom. The van der Waals surface area contributed by atoms with E-state index in [9.17, 15) is 9.59 Å². The minimum absolute atomic E-state index is 0.0423. The van der Waals surface area contributed by atoms with Gasteiger partial charge in [0.15, 0.2) is 5.13 Å². The van der Waals surface area contributed by atoms with E-state index in [0.717, 1.165) is 11.3 Å². The first-order valence-electron chi connectivity index (χ1n) is 5.15. The molecule has 1 unspecified atom stereocenters. The smallest absolute Gasteiger partial charge is 0.325 e. The van der Waals surface area contributed by atoms with Gasteiger partial charge in [0.2, 0.25) is 0 Å². The van der Waals surface area contributed by atoms with Crippen LogP contribution in [0.5, 0.6) is 0 Å². The minimum atomic E-state index is -0.839. The van der Waals surface area contributed by atoms with Crippen molar-refractivity contribution in [2.75, 3.05) is 19.0 Å². The molecule has 1 aliphatic rings. The van der Waals surface area contributed by atoms with Crippen LogP contribution >= 0.6 is 11.3 Å². The van der Waals surface area contributed by atoms with Crippen LogP contribution < -0.4 is 5.32 Å². The van der Waals surface area contributed by atoms with Crippen molar-refractivity contribution in [3.8, 4) is 0 Å². The van der Waals surface area contributed by atoms with Gasteiger partial charge in [0.25, 0.3) is 0 Å². The summed E-state index contributed by atoms with van der Waals surface area (Å²) < 4.78 is 4.49. The second kappa shape index (κ2) is 4.70. The van der Waals surface area contributed by atoms with Crippen molar-refractivity contribution >= 4 is 28.4 Å². The maximum Gasteiger partial charge on any atom is 0.325 e. The normalized spacial score (nSPS) is 17.6. The van der Waals surface area contributed by atoms with Crippen LogP contribution in [-0.4, -0.2) is 35.7 Å². The van der Waals surface area contributed by atoms with Crippen LogP contribution in [0.25, 0.3) is 0 Å². The monoisotopic (exact) mass is 256 g/mol. The SMILES string of the molecule is COC(=O)CNc1nc2c(s1)CCC2C(=O)O. The Bertz CT molecular complexity index is 457. The highest BCUT2D eigenvalue weighted by Gasteiger charge is 2.32. The molecular weight excluding hydrogens is 244 g/mol. The summed E-state index contributed by atoms with van der Waals surface area (Å²) in [6.07, 6.45) is 1.35. The number of carboxylic acid groups (broad SMARTS) is 1. The quantitative estimate of drug-likeness (QED) is 0.776. The van der Waals surface area contributed by atoms with Gasteiger partial charge in [-0.2, -0.15) is 0 Å². The third kappa shape index (κ3) is 2.38. The van der Waals surface area contributed by atoms with Crippen molar-refractivity contribution in [2.24, 2.45) is 0 Å². The van der Waals surface area contributed by atoms with Crippen LogP contribution in [0.15, 0.2) is 0 Å². The van der Waals surface area contributed by atoms with E-state index in [-0.39, 0.29) is 12.5 Å². The molecule has 0 aromatic carbocycles. The van der Waals surface area contributed by atoms with Crippen LogP contribution in [0, 0.1) is 0 Å².